The molecule has 0 amide bonds. The molecule has 8 heteroatoms. The molecule has 0 aliphatic heterocycles. The van der Waals surface area contributed by atoms with Gasteiger partial charge in [0.05, 0.1) is 0 Å². The average molecular weight is 355 g/mol. The summed E-state index contributed by atoms with van der Waals surface area (Å²) in [7, 11) is -8.89. The van der Waals surface area contributed by atoms with Crippen LogP contribution < -0.4 is 9.46 Å². The van der Waals surface area contributed by atoms with E-state index in [1.807, 2.05) is 42.5 Å². The summed E-state index contributed by atoms with van der Waals surface area (Å²) >= 11 is 0. The Morgan fingerprint density at radius 1 is 1.04 bits per heavy atom. The van der Waals surface area contributed by atoms with Crippen LogP contribution in [-0.4, -0.2) is 21.9 Å². The Kier molecular flexibility index (Phi) is 5.56. The molecule has 0 saturated carbocycles. The fourth-order valence-corrected chi connectivity index (χ4v) is 5.33. The Labute approximate surface area is 135 Å². The highest BCUT2D eigenvalue weighted by atomic mass is 31.2. The number of pyridine rings is 1. The molecule has 0 aliphatic rings. The van der Waals surface area contributed by atoms with Gasteiger partial charge in [-0.25, -0.2) is 4.57 Å². The fraction of sp³-hybridized carbons (Fsp3) is 0.267. The van der Waals surface area contributed by atoms with Crippen LogP contribution in [0.2, 0.25) is 0 Å². The van der Waals surface area contributed by atoms with Crippen molar-refractivity contribution in [3.63, 3.8) is 0 Å². The Hall–Kier alpha value is -1.29. The van der Waals surface area contributed by atoms with Crippen LogP contribution in [0, 0.1) is 0 Å². The van der Waals surface area contributed by atoms with E-state index in [0.29, 0.717) is 0 Å². The van der Waals surface area contributed by atoms with Crippen molar-refractivity contribution in [1.82, 2.24) is 0 Å². The highest BCUT2D eigenvalue weighted by Crippen LogP contribution is 2.57. The maximum Gasteiger partial charge on any atom is 0.215 e. The van der Waals surface area contributed by atoms with Gasteiger partial charge >= 0.3 is 0 Å². The van der Waals surface area contributed by atoms with Gasteiger partial charge in [0.15, 0.2) is 31.9 Å². The molecular weight excluding hydrogens is 336 g/mol. The maximum atomic E-state index is 11.7. The molecule has 3 atom stereocenters. The number of nitrogens with zero attached hydrogens (tertiary/aromatic N) is 1. The first-order valence-electron chi connectivity index (χ1n) is 7.01. The number of aromatic nitrogens is 1. The van der Waals surface area contributed by atoms with E-state index in [1.54, 1.807) is 12.4 Å². The van der Waals surface area contributed by atoms with Gasteiger partial charge in [0, 0.05) is 18.8 Å². The van der Waals surface area contributed by atoms with E-state index in [9.17, 15) is 23.8 Å². The average Bonchev–Trinajstić information content (AvgIpc) is 2.45. The van der Waals surface area contributed by atoms with E-state index in [0.717, 1.165) is 24.2 Å². The minimum Gasteiger partial charge on any atom is -0.778 e. The third-order valence-electron chi connectivity index (χ3n) is 3.52. The fourth-order valence-electron chi connectivity index (χ4n) is 2.27. The summed E-state index contributed by atoms with van der Waals surface area (Å²) in [6.45, 7) is 0.663. The second-order valence-electron chi connectivity index (χ2n) is 5.55. The molecule has 1 aromatic heterocycles. The molecule has 1 aromatic carbocycles. The zero-order chi connectivity index (χ0) is 17.1. The summed E-state index contributed by atoms with van der Waals surface area (Å²) in [5.74, 6) is 0. The van der Waals surface area contributed by atoms with E-state index in [1.165, 1.54) is 4.57 Å². The molecule has 0 fully saturated rings. The molecule has 23 heavy (non-hydrogen) atoms. The Morgan fingerprint density at radius 3 is 2.04 bits per heavy atom. The highest BCUT2D eigenvalue weighted by molar-refractivity contribution is 7.72. The lowest BCUT2D eigenvalue weighted by Gasteiger charge is -2.26. The van der Waals surface area contributed by atoms with Crippen LogP contribution in [0.3, 0.4) is 0 Å². The first-order valence-corrected chi connectivity index (χ1v) is 10.8. The van der Waals surface area contributed by atoms with E-state index in [2.05, 4.69) is 0 Å². The number of benzene rings is 1. The van der Waals surface area contributed by atoms with Gasteiger partial charge in [-0.3, -0.25) is 4.57 Å². The summed E-state index contributed by atoms with van der Waals surface area (Å²) in [5.41, 5.74) is 2.18. The van der Waals surface area contributed by atoms with Crippen molar-refractivity contribution >= 4 is 15.0 Å². The normalized spacial score (nSPS) is 17.9. The number of hydrogen-bond donors (Lipinski definition) is 2. The summed E-state index contributed by atoms with van der Waals surface area (Å²) in [4.78, 5) is 30.0. The van der Waals surface area contributed by atoms with Gasteiger partial charge in [0.2, 0.25) is 7.37 Å². The van der Waals surface area contributed by atoms with E-state index < -0.39 is 20.4 Å². The van der Waals surface area contributed by atoms with Crippen molar-refractivity contribution in [2.45, 2.75) is 18.4 Å². The molecule has 1 heterocycles. The second kappa shape index (κ2) is 7.08. The summed E-state index contributed by atoms with van der Waals surface area (Å²) in [6.07, 6.45) is 4.00. The van der Waals surface area contributed by atoms with Gasteiger partial charge in [-0.2, -0.15) is 0 Å². The molecule has 3 unspecified atom stereocenters. The molecule has 0 radical (unpaired) electrons. The predicted octanol–water partition coefficient (Wildman–Crippen LogP) is 1.34. The summed E-state index contributed by atoms with van der Waals surface area (Å²) in [6, 6.07) is 13.5. The van der Waals surface area contributed by atoms with Gasteiger partial charge in [-0.15, -0.1) is 0 Å². The minimum atomic E-state index is -4.91. The van der Waals surface area contributed by atoms with Crippen LogP contribution in [0.1, 0.15) is 11.1 Å². The number of hydrogen-bond acceptors (Lipinski definition) is 3. The molecule has 2 rings (SSSR count). The van der Waals surface area contributed by atoms with E-state index in [-0.39, 0.29) is 6.54 Å². The Bertz CT molecular complexity index is 714. The second-order valence-corrected chi connectivity index (χ2v) is 10.2. The SMILES string of the molecule is CP(=O)(O)C(C[n+]1ccc(Cc2ccccc2)cc1)P(=O)([O-])O. The summed E-state index contributed by atoms with van der Waals surface area (Å²) in [5, 5.41) is -1.71. The molecule has 2 N–H and O–H groups in total. The van der Waals surface area contributed by atoms with Gasteiger partial charge in [-0.1, -0.05) is 30.3 Å². The van der Waals surface area contributed by atoms with Crippen molar-refractivity contribution < 1.29 is 28.4 Å². The van der Waals surface area contributed by atoms with Crippen LogP contribution in [0.15, 0.2) is 54.9 Å². The third-order valence-corrected chi connectivity index (χ3v) is 7.86. The van der Waals surface area contributed by atoms with Crippen LogP contribution >= 0.6 is 15.0 Å². The van der Waals surface area contributed by atoms with Crippen molar-refractivity contribution in [1.29, 1.82) is 0 Å². The van der Waals surface area contributed by atoms with Crippen LogP contribution in [0.25, 0.3) is 0 Å². The molecular formula is C15H19NO5P2. The lowest BCUT2D eigenvalue weighted by Crippen LogP contribution is -2.40. The van der Waals surface area contributed by atoms with Gasteiger partial charge in [0.1, 0.15) is 0 Å². The number of rotatable bonds is 6. The lowest BCUT2D eigenvalue weighted by molar-refractivity contribution is -0.694. The van der Waals surface area contributed by atoms with Crippen LogP contribution in [0.4, 0.5) is 0 Å². The minimum absolute atomic E-state index is 0.271. The van der Waals surface area contributed by atoms with Crippen LogP contribution in [-0.2, 0) is 22.1 Å². The van der Waals surface area contributed by atoms with E-state index in [4.69, 9.17) is 0 Å². The monoisotopic (exact) mass is 355 g/mol. The van der Waals surface area contributed by atoms with Gasteiger partial charge < -0.3 is 19.2 Å². The van der Waals surface area contributed by atoms with Crippen molar-refractivity contribution in [3.8, 4) is 0 Å². The highest BCUT2D eigenvalue weighted by Gasteiger charge is 2.37. The molecule has 6 nitrogen and oxygen atoms in total. The van der Waals surface area contributed by atoms with Crippen molar-refractivity contribution in [2.24, 2.45) is 0 Å². The zero-order valence-corrected chi connectivity index (χ0v) is 14.4. The van der Waals surface area contributed by atoms with Gasteiger partial charge in [0.25, 0.3) is 0 Å². The largest absolute Gasteiger partial charge is 0.778 e. The topological polar surface area (TPSA) is 102 Å². The first kappa shape index (κ1) is 18.1. The molecule has 0 aliphatic carbocycles. The van der Waals surface area contributed by atoms with E-state index >= 15 is 0 Å². The molecule has 124 valence electrons. The molecule has 0 spiro atoms. The summed E-state index contributed by atoms with van der Waals surface area (Å²) < 4.78 is 24.5. The quantitative estimate of drug-likeness (QED) is 0.601. The van der Waals surface area contributed by atoms with Crippen molar-refractivity contribution in [2.75, 3.05) is 6.66 Å². The maximum absolute atomic E-state index is 11.7. The van der Waals surface area contributed by atoms with Gasteiger partial charge in [-0.05, 0) is 17.5 Å². The first-order chi connectivity index (χ1) is 10.7. The Balaban J connectivity index is 2.13. The van der Waals surface area contributed by atoms with Crippen LogP contribution in [0.5, 0.6) is 0 Å². The Morgan fingerprint density at radius 2 is 1.57 bits per heavy atom. The lowest BCUT2D eigenvalue weighted by atomic mass is 10.1. The zero-order valence-electron chi connectivity index (χ0n) is 12.6. The smallest absolute Gasteiger partial charge is 0.215 e. The standard InChI is InChI=1S/C15H19NO5P2/c1-22(17,18)15(23(19,20)21)12-16-9-7-14(8-10-16)11-13-5-3-2-4-6-13/h2-10,15H,11-12H2,1H3,(H2-,17,18,19,20,21). The molecule has 2 aromatic rings. The van der Waals surface area contributed by atoms with Crippen molar-refractivity contribution in [3.05, 3.63) is 66.0 Å². The predicted molar refractivity (Wildman–Crippen MR) is 85.2 cm³/mol. The molecule has 0 bridgehead atoms. The third kappa shape index (κ3) is 5.38. The molecule has 0 saturated heterocycles.